The van der Waals surface area contributed by atoms with Crippen molar-refractivity contribution in [3.05, 3.63) is 70.3 Å². The molecule has 0 fully saturated rings. The van der Waals surface area contributed by atoms with E-state index in [1.54, 1.807) is 13.0 Å². The monoisotopic (exact) mass is 421 g/mol. The van der Waals surface area contributed by atoms with Gasteiger partial charge in [0.25, 0.3) is 0 Å². The SMILES string of the molecule is CCOC(=O)c1c(NC(=O)/C=C/c2ccc(-c3ccccc3)o2)sc2c1CCCC2. The maximum Gasteiger partial charge on any atom is 0.341 e. The van der Waals surface area contributed by atoms with E-state index in [9.17, 15) is 9.59 Å². The van der Waals surface area contributed by atoms with Gasteiger partial charge >= 0.3 is 5.97 Å². The van der Waals surface area contributed by atoms with Gasteiger partial charge in [-0.25, -0.2) is 4.79 Å². The third-order valence-electron chi connectivity index (χ3n) is 4.97. The highest BCUT2D eigenvalue weighted by molar-refractivity contribution is 7.17. The number of esters is 1. The number of hydrogen-bond donors (Lipinski definition) is 1. The number of anilines is 1. The zero-order valence-electron chi connectivity index (χ0n) is 16.8. The van der Waals surface area contributed by atoms with Crippen molar-refractivity contribution in [1.29, 1.82) is 0 Å². The van der Waals surface area contributed by atoms with E-state index in [-0.39, 0.29) is 11.9 Å². The maximum atomic E-state index is 12.5. The minimum absolute atomic E-state index is 0.305. The molecule has 0 atom stereocenters. The molecule has 3 aromatic rings. The number of thiophene rings is 1. The minimum Gasteiger partial charge on any atom is -0.462 e. The van der Waals surface area contributed by atoms with Crippen molar-refractivity contribution in [1.82, 2.24) is 0 Å². The molecule has 4 rings (SSSR count). The summed E-state index contributed by atoms with van der Waals surface area (Å²) in [6, 6.07) is 13.5. The molecular weight excluding hydrogens is 398 g/mol. The second kappa shape index (κ2) is 9.13. The molecular formula is C24H23NO4S. The second-order valence-corrected chi connectivity index (χ2v) is 8.13. The second-order valence-electron chi connectivity index (χ2n) is 7.03. The summed E-state index contributed by atoms with van der Waals surface area (Å²) >= 11 is 1.48. The minimum atomic E-state index is -0.366. The fourth-order valence-corrected chi connectivity index (χ4v) is 4.86. The lowest BCUT2D eigenvalue weighted by atomic mass is 9.95. The van der Waals surface area contributed by atoms with E-state index in [1.165, 1.54) is 22.3 Å². The van der Waals surface area contributed by atoms with Crippen LogP contribution in [0.15, 0.2) is 53.0 Å². The van der Waals surface area contributed by atoms with Crippen molar-refractivity contribution in [2.45, 2.75) is 32.6 Å². The highest BCUT2D eigenvalue weighted by atomic mass is 32.1. The number of nitrogens with one attached hydrogen (secondary N) is 1. The molecule has 0 aliphatic heterocycles. The summed E-state index contributed by atoms with van der Waals surface area (Å²) in [5.41, 5.74) is 2.52. The molecule has 0 saturated heterocycles. The molecule has 6 heteroatoms. The Balaban J connectivity index is 1.50. The largest absolute Gasteiger partial charge is 0.462 e. The molecule has 30 heavy (non-hydrogen) atoms. The van der Waals surface area contributed by atoms with Crippen LogP contribution < -0.4 is 5.32 Å². The molecule has 154 valence electrons. The molecule has 2 aromatic heterocycles. The van der Waals surface area contributed by atoms with Crippen molar-refractivity contribution < 1.29 is 18.7 Å². The molecule has 2 heterocycles. The van der Waals surface area contributed by atoms with Crippen molar-refractivity contribution in [2.24, 2.45) is 0 Å². The lowest BCUT2D eigenvalue weighted by Gasteiger charge is -2.12. The van der Waals surface area contributed by atoms with E-state index in [0.717, 1.165) is 42.6 Å². The van der Waals surface area contributed by atoms with E-state index in [0.29, 0.717) is 22.9 Å². The number of fused-ring (bicyclic) bond motifs is 1. The van der Waals surface area contributed by atoms with Crippen LogP contribution in [-0.4, -0.2) is 18.5 Å². The highest BCUT2D eigenvalue weighted by Gasteiger charge is 2.26. The molecule has 0 spiro atoms. The number of carbonyl (C=O) groups excluding carboxylic acids is 2. The zero-order valence-corrected chi connectivity index (χ0v) is 17.6. The smallest absolute Gasteiger partial charge is 0.341 e. The van der Waals surface area contributed by atoms with Crippen LogP contribution in [0.1, 0.15) is 46.3 Å². The molecule has 1 amide bonds. The Morgan fingerprint density at radius 3 is 2.73 bits per heavy atom. The first-order valence-electron chi connectivity index (χ1n) is 10.1. The number of rotatable bonds is 6. The van der Waals surface area contributed by atoms with Crippen molar-refractivity contribution in [2.75, 3.05) is 11.9 Å². The van der Waals surface area contributed by atoms with E-state index in [4.69, 9.17) is 9.15 Å². The fraction of sp³-hybridized carbons (Fsp3) is 0.250. The molecule has 0 bridgehead atoms. The predicted molar refractivity (Wildman–Crippen MR) is 119 cm³/mol. The van der Waals surface area contributed by atoms with Crippen LogP contribution in [0.25, 0.3) is 17.4 Å². The normalized spacial score (nSPS) is 13.2. The zero-order chi connectivity index (χ0) is 20.9. The Labute approximate surface area is 179 Å². The fourth-order valence-electron chi connectivity index (χ4n) is 3.58. The van der Waals surface area contributed by atoms with Gasteiger partial charge in [0, 0.05) is 16.5 Å². The average molecular weight is 422 g/mol. The standard InChI is InChI=1S/C24H23NO4S/c1-2-28-24(27)22-18-10-6-7-11-20(18)30-23(22)25-21(26)15-13-17-12-14-19(29-17)16-8-4-3-5-9-16/h3-5,8-9,12-15H,2,6-7,10-11H2,1H3,(H,25,26)/b15-13+. The first-order chi connectivity index (χ1) is 14.7. The third kappa shape index (κ3) is 4.39. The summed E-state index contributed by atoms with van der Waals surface area (Å²) in [6.45, 7) is 2.09. The number of carbonyl (C=O) groups is 2. The maximum absolute atomic E-state index is 12.5. The summed E-state index contributed by atoms with van der Waals surface area (Å²) in [5.74, 6) is 0.651. The Hall–Kier alpha value is -3.12. The lowest BCUT2D eigenvalue weighted by Crippen LogP contribution is -2.14. The van der Waals surface area contributed by atoms with Crippen LogP contribution >= 0.6 is 11.3 Å². The van der Waals surface area contributed by atoms with Gasteiger partial charge in [-0.2, -0.15) is 0 Å². The van der Waals surface area contributed by atoms with Gasteiger partial charge in [-0.3, -0.25) is 4.79 Å². The molecule has 1 N–H and O–H groups in total. The van der Waals surface area contributed by atoms with Gasteiger partial charge in [-0.05, 0) is 56.4 Å². The molecule has 0 unspecified atom stereocenters. The van der Waals surface area contributed by atoms with Crippen molar-refractivity contribution >= 4 is 34.3 Å². The van der Waals surface area contributed by atoms with Gasteiger partial charge in [0.2, 0.25) is 5.91 Å². The Kier molecular flexibility index (Phi) is 6.14. The molecule has 0 saturated carbocycles. The van der Waals surface area contributed by atoms with Gasteiger partial charge in [-0.1, -0.05) is 30.3 Å². The summed E-state index contributed by atoms with van der Waals surface area (Å²) in [7, 11) is 0. The van der Waals surface area contributed by atoms with Crippen LogP contribution in [0.4, 0.5) is 5.00 Å². The van der Waals surface area contributed by atoms with E-state index in [1.807, 2.05) is 42.5 Å². The van der Waals surface area contributed by atoms with E-state index < -0.39 is 0 Å². The van der Waals surface area contributed by atoms with Gasteiger partial charge in [-0.15, -0.1) is 11.3 Å². The molecule has 1 aliphatic carbocycles. The van der Waals surface area contributed by atoms with Crippen LogP contribution in [0.2, 0.25) is 0 Å². The lowest BCUT2D eigenvalue weighted by molar-refractivity contribution is -0.111. The number of furan rings is 1. The summed E-state index contributed by atoms with van der Waals surface area (Å²) < 4.78 is 11.0. The predicted octanol–water partition coefficient (Wildman–Crippen LogP) is 5.72. The Bertz CT molecular complexity index is 1080. The van der Waals surface area contributed by atoms with Gasteiger partial charge < -0.3 is 14.5 Å². The van der Waals surface area contributed by atoms with Crippen molar-refractivity contribution in [3.63, 3.8) is 0 Å². The summed E-state index contributed by atoms with van der Waals surface area (Å²) in [4.78, 5) is 26.2. The number of amides is 1. The first-order valence-corrected chi connectivity index (χ1v) is 10.9. The summed E-state index contributed by atoms with van der Waals surface area (Å²) in [6.07, 6.45) is 6.98. The number of aryl methyl sites for hydroxylation is 1. The van der Waals surface area contributed by atoms with E-state index in [2.05, 4.69) is 5.32 Å². The van der Waals surface area contributed by atoms with Crippen molar-refractivity contribution in [3.8, 4) is 11.3 Å². The van der Waals surface area contributed by atoms with E-state index >= 15 is 0 Å². The Morgan fingerprint density at radius 1 is 1.13 bits per heavy atom. The highest BCUT2D eigenvalue weighted by Crippen LogP contribution is 2.38. The first kappa shape index (κ1) is 20.2. The number of benzene rings is 1. The summed E-state index contributed by atoms with van der Waals surface area (Å²) in [5, 5.41) is 3.43. The number of ether oxygens (including phenoxy) is 1. The van der Waals surface area contributed by atoms with Crippen LogP contribution in [0, 0.1) is 0 Å². The van der Waals surface area contributed by atoms with Gasteiger partial charge in [0.1, 0.15) is 16.5 Å². The Morgan fingerprint density at radius 2 is 1.93 bits per heavy atom. The third-order valence-corrected chi connectivity index (χ3v) is 6.18. The van der Waals surface area contributed by atoms with Gasteiger partial charge in [0.15, 0.2) is 0 Å². The average Bonchev–Trinajstić information content (AvgIpc) is 3.37. The topological polar surface area (TPSA) is 68.5 Å². The quantitative estimate of drug-likeness (QED) is 0.408. The molecule has 1 aliphatic rings. The molecule has 1 aromatic carbocycles. The van der Waals surface area contributed by atoms with Crippen LogP contribution in [0.3, 0.4) is 0 Å². The number of hydrogen-bond acceptors (Lipinski definition) is 5. The van der Waals surface area contributed by atoms with Crippen LogP contribution in [0.5, 0.6) is 0 Å². The van der Waals surface area contributed by atoms with Crippen LogP contribution in [-0.2, 0) is 22.4 Å². The van der Waals surface area contributed by atoms with Gasteiger partial charge in [0.05, 0.1) is 12.2 Å². The molecule has 5 nitrogen and oxygen atoms in total. The molecule has 0 radical (unpaired) electrons.